The average molecular weight is 302 g/mol. The van der Waals surface area contributed by atoms with Crippen molar-refractivity contribution < 1.29 is 0 Å². The Labute approximate surface area is 132 Å². The quantitative estimate of drug-likeness (QED) is 0.756. The van der Waals surface area contributed by atoms with Crippen LogP contribution >= 0.6 is 11.8 Å². The van der Waals surface area contributed by atoms with Crippen LogP contribution in [-0.2, 0) is 6.42 Å². The van der Waals surface area contributed by atoms with Crippen LogP contribution in [0.5, 0.6) is 0 Å². The average Bonchev–Trinajstić information content (AvgIpc) is 2.47. The summed E-state index contributed by atoms with van der Waals surface area (Å²) in [4.78, 5) is 4.87. The van der Waals surface area contributed by atoms with Crippen LogP contribution in [0, 0.1) is 5.92 Å². The zero-order chi connectivity index (χ0) is 15.2. The van der Waals surface area contributed by atoms with Crippen LogP contribution in [0.4, 0.5) is 0 Å². The standard InChI is InChI=1S/C18H26N2S/c1-4-16(19)12-15-11-14-7-5-6-8-17(14)20-18(15)21-10-9-13(2)3/h5-8,11,13,16H,4,9-10,12,19H2,1-3H3. The second kappa shape index (κ2) is 7.81. The van der Waals surface area contributed by atoms with Gasteiger partial charge >= 0.3 is 0 Å². The van der Waals surface area contributed by atoms with Crippen molar-refractivity contribution in [2.45, 2.75) is 51.1 Å². The number of para-hydroxylation sites is 1. The van der Waals surface area contributed by atoms with Gasteiger partial charge in [0.05, 0.1) is 10.5 Å². The van der Waals surface area contributed by atoms with Gasteiger partial charge in [-0.05, 0) is 48.6 Å². The molecular weight excluding hydrogens is 276 g/mol. The molecule has 0 amide bonds. The lowest BCUT2D eigenvalue weighted by Gasteiger charge is -2.14. The van der Waals surface area contributed by atoms with E-state index in [0.717, 1.165) is 30.0 Å². The third kappa shape index (κ3) is 4.72. The van der Waals surface area contributed by atoms with E-state index in [1.54, 1.807) is 0 Å². The molecule has 114 valence electrons. The number of thioether (sulfide) groups is 1. The molecule has 0 spiro atoms. The summed E-state index contributed by atoms with van der Waals surface area (Å²) in [5.74, 6) is 1.86. The van der Waals surface area contributed by atoms with Crippen LogP contribution in [0.3, 0.4) is 0 Å². The largest absolute Gasteiger partial charge is 0.327 e. The van der Waals surface area contributed by atoms with E-state index in [9.17, 15) is 0 Å². The second-order valence-electron chi connectivity index (χ2n) is 6.05. The summed E-state index contributed by atoms with van der Waals surface area (Å²) >= 11 is 1.88. The summed E-state index contributed by atoms with van der Waals surface area (Å²) in [5, 5.41) is 2.38. The first-order valence-corrected chi connectivity index (χ1v) is 8.85. The maximum absolute atomic E-state index is 6.16. The van der Waals surface area contributed by atoms with Gasteiger partial charge in [-0.25, -0.2) is 4.98 Å². The first-order valence-electron chi connectivity index (χ1n) is 7.87. The Bertz CT molecular complexity index is 580. The summed E-state index contributed by atoms with van der Waals surface area (Å²) in [7, 11) is 0. The SMILES string of the molecule is CCC(N)Cc1cc2ccccc2nc1SCCC(C)C. The Kier molecular flexibility index (Phi) is 6.07. The van der Waals surface area contributed by atoms with E-state index in [1.807, 2.05) is 11.8 Å². The number of hydrogen-bond acceptors (Lipinski definition) is 3. The molecule has 0 aliphatic carbocycles. The topological polar surface area (TPSA) is 38.9 Å². The van der Waals surface area contributed by atoms with Crippen molar-refractivity contribution in [3.05, 3.63) is 35.9 Å². The maximum Gasteiger partial charge on any atom is 0.1000 e. The van der Waals surface area contributed by atoms with Crippen molar-refractivity contribution in [3.63, 3.8) is 0 Å². The molecule has 1 aromatic carbocycles. The first-order chi connectivity index (χ1) is 10.1. The van der Waals surface area contributed by atoms with Gasteiger partial charge in [-0.2, -0.15) is 0 Å². The molecule has 1 unspecified atom stereocenters. The molecule has 1 aromatic heterocycles. The van der Waals surface area contributed by atoms with Crippen molar-refractivity contribution in [2.24, 2.45) is 11.7 Å². The summed E-state index contributed by atoms with van der Waals surface area (Å²) in [6.07, 6.45) is 3.14. The van der Waals surface area contributed by atoms with Gasteiger partial charge in [0, 0.05) is 11.4 Å². The van der Waals surface area contributed by atoms with E-state index in [-0.39, 0.29) is 6.04 Å². The number of fused-ring (bicyclic) bond motifs is 1. The van der Waals surface area contributed by atoms with Crippen molar-refractivity contribution in [1.29, 1.82) is 0 Å². The van der Waals surface area contributed by atoms with E-state index >= 15 is 0 Å². The van der Waals surface area contributed by atoms with Gasteiger partial charge < -0.3 is 5.73 Å². The third-order valence-corrected chi connectivity index (χ3v) is 4.77. The molecule has 0 fully saturated rings. The first kappa shape index (κ1) is 16.3. The molecule has 2 aromatic rings. The van der Waals surface area contributed by atoms with Gasteiger partial charge in [0.25, 0.3) is 0 Å². The second-order valence-corrected chi connectivity index (χ2v) is 7.13. The number of aromatic nitrogens is 1. The predicted octanol–water partition coefficient (Wildman–Crippen LogP) is 4.65. The van der Waals surface area contributed by atoms with Gasteiger partial charge in [0.15, 0.2) is 0 Å². The van der Waals surface area contributed by atoms with Crippen LogP contribution in [-0.4, -0.2) is 16.8 Å². The minimum absolute atomic E-state index is 0.220. The van der Waals surface area contributed by atoms with Crippen molar-refractivity contribution >= 4 is 22.7 Å². The van der Waals surface area contributed by atoms with Crippen LogP contribution < -0.4 is 5.73 Å². The van der Waals surface area contributed by atoms with Crippen molar-refractivity contribution in [3.8, 4) is 0 Å². The molecule has 2 rings (SSSR count). The smallest absolute Gasteiger partial charge is 0.1000 e. The fourth-order valence-electron chi connectivity index (χ4n) is 2.23. The lowest BCUT2D eigenvalue weighted by atomic mass is 10.0. The zero-order valence-corrected chi connectivity index (χ0v) is 14.1. The molecule has 1 heterocycles. The summed E-state index contributed by atoms with van der Waals surface area (Å²) in [5.41, 5.74) is 8.54. The molecule has 0 aliphatic rings. The van der Waals surface area contributed by atoms with E-state index in [1.165, 1.54) is 22.4 Å². The molecule has 2 nitrogen and oxygen atoms in total. The lowest BCUT2D eigenvalue weighted by molar-refractivity contribution is 0.630. The molecule has 0 aliphatic heterocycles. The van der Waals surface area contributed by atoms with E-state index in [0.29, 0.717) is 0 Å². The normalized spacial score (nSPS) is 13.0. The molecular formula is C18H26N2S. The highest BCUT2D eigenvalue weighted by molar-refractivity contribution is 7.99. The molecule has 0 saturated carbocycles. The highest BCUT2D eigenvalue weighted by Crippen LogP contribution is 2.27. The Morgan fingerprint density at radius 2 is 2.00 bits per heavy atom. The van der Waals surface area contributed by atoms with Crippen molar-refractivity contribution in [2.75, 3.05) is 5.75 Å². The lowest BCUT2D eigenvalue weighted by Crippen LogP contribution is -2.22. The molecule has 1 atom stereocenters. The molecule has 21 heavy (non-hydrogen) atoms. The molecule has 0 saturated heterocycles. The van der Waals surface area contributed by atoms with Crippen LogP contribution in [0.15, 0.2) is 35.4 Å². The summed E-state index contributed by atoms with van der Waals surface area (Å²) < 4.78 is 0. The van der Waals surface area contributed by atoms with Crippen LogP contribution in [0.25, 0.3) is 10.9 Å². The highest BCUT2D eigenvalue weighted by Gasteiger charge is 2.11. The van der Waals surface area contributed by atoms with Gasteiger partial charge in [-0.3, -0.25) is 0 Å². The van der Waals surface area contributed by atoms with E-state index in [4.69, 9.17) is 10.7 Å². The van der Waals surface area contributed by atoms with Crippen LogP contribution in [0.2, 0.25) is 0 Å². The van der Waals surface area contributed by atoms with Gasteiger partial charge in [0.1, 0.15) is 0 Å². The molecule has 0 bridgehead atoms. The number of pyridine rings is 1. The Balaban J connectivity index is 2.27. The fraction of sp³-hybridized carbons (Fsp3) is 0.500. The monoisotopic (exact) mass is 302 g/mol. The number of rotatable bonds is 7. The van der Waals surface area contributed by atoms with E-state index in [2.05, 4.69) is 51.1 Å². The number of benzene rings is 1. The fourth-order valence-corrected chi connectivity index (χ4v) is 3.50. The number of nitrogens with zero attached hydrogens (tertiary/aromatic N) is 1. The highest BCUT2D eigenvalue weighted by atomic mass is 32.2. The molecule has 3 heteroatoms. The van der Waals surface area contributed by atoms with Gasteiger partial charge in [0.2, 0.25) is 0 Å². The Morgan fingerprint density at radius 1 is 1.24 bits per heavy atom. The number of hydrogen-bond donors (Lipinski definition) is 1. The maximum atomic E-state index is 6.16. The van der Waals surface area contributed by atoms with Gasteiger partial charge in [-0.1, -0.05) is 39.0 Å². The van der Waals surface area contributed by atoms with E-state index < -0.39 is 0 Å². The van der Waals surface area contributed by atoms with Crippen molar-refractivity contribution in [1.82, 2.24) is 4.98 Å². The van der Waals surface area contributed by atoms with Crippen LogP contribution in [0.1, 0.15) is 39.2 Å². The Hall–Kier alpha value is -1.06. The molecule has 0 radical (unpaired) electrons. The third-order valence-electron chi connectivity index (χ3n) is 3.70. The minimum Gasteiger partial charge on any atom is -0.327 e. The Morgan fingerprint density at radius 3 is 2.71 bits per heavy atom. The summed E-state index contributed by atoms with van der Waals surface area (Å²) in [6.45, 7) is 6.68. The minimum atomic E-state index is 0.220. The van der Waals surface area contributed by atoms with Gasteiger partial charge in [-0.15, -0.1) is 11.8 Å². The summed E-state index contributed by atoms with van der Waals surface area (Å²) in [6, 6.07) is 10.8. The predicted molar refractivity (Wildman–Crippen MR) is 93.9 cm³/mol. The number of nitrogens with two attached hydrogens (primary N) is 1. The zero-order valence-electron chi connectivity index (χ0n) is 13.3. The molecule has 2 N–H and O–H groups in total.